The van der Waals surface area contributed by atoms with Crippen molar-refractivity contribution in [1.82, 2.24) is 5.32 Å². The minimum absolute atomic E-state index is 0.497. The number of ether oxygens (including phenoxy) is 2. The molecule has 1 fully saturated rings. The topological polar surface area (TPSA) is 68.9 Å². The van der Waals surface area contributed by atoms with Crippen molar-refractivity contribution < 1.29 is 9.47 Å². The van der Waals surface area contributed by atoms with E-state index in [1.807, 2.05) is 12.1 Å². The second-order valence-electron chi connectivity index (χ2n) is 5.86. The molecule has 23 heavy (non-hydrogen) atoms. The summed E-state index contributed by atoms with van der Waals surface area (Å²) in [5.74, 6) is 2.70. The molecule has 0 radical (unpaired) electrons. The third-order valence-corrected chi connectivity index (χ3v) is 4.21. The van der Waals surface area contributed by atoms with E-state index in [1.165, 1.54) is 19.3 Å². The molecule has 126 valence electrons. The number of allylic oxidation sites excluding steroid dienone is 1. The van der Waals surface area contributed by atoms with E-state index in [1.54, 1.807) is 14.2 Å². The van der Waals surface area contributed by atoms with Gasteiger partial charge >= 0.3 is 0 Å². The second-order valence-corrected chi connectivity index (χ2v) is 5.86. The highest BCUT2D eigenvalue weighted by Crippen LogP contribution is 2.33. The van der Waals surface area contributed by atoms with Gasteiger partial charge in [-0.1, -0.05) is 12.5 Å². The van der Waals surface area contributed by atoms with E-state index in [9.17, 15) is 0 Å². The quantitative estimate of drug-likeness (QED) is 0.439. The van der Waals surface area contributed by atoms with Crippen molar-refractivity contribution in [3.63, 3.8) is 0 Å². The number of methoxy groups -OCH3 is 2. The summed E-state index contributed by atoms with van der Waals surface area (Å²) >= 11 is 0. The lowest BCUT2D eigenvalue weighted by molar-refractivity contribution is 0.315. The lowest BCUT2D eigenvalue weighted by Gasteiger charge is -2.25. The number of nitrogens with two attached hydrogens (primary N) is 1. The van der Waals surface area contributed by atoms with Crippen LogP contribution >= 0.6 is 0 Å². The number of guanidine groups is 1. The van der Waals surface area contributed by atoms with Gasteiger partial charge in [-0.3, -0.25) is 0 Å². The van der Waals surface area contributed by atoms with E-state index in [0.717, 1.165) is 29.3 Å². The fourth-order valence-electron chi connectivity index (χ4n) is 2.68. The minimum atomic E-state index is 0.497. The zero-order chi connectivity index (χ0) is 16.7. The predicted octanol–water partition coefficient (Wildman–Crippen LogP) is 2.64. The molecule has 0 bridgehead atoms. The summed E-state index contributed by atoms with van der Waals surface area (Å²) in [6, 6.07) is 4.00. The Morgan fingerprint density at radius 3 is 2.74 bits per heavy atom. The number of nitrogens with zero attached hydrogens (tertiary/aromatic N) is 1. The number of rotatable bonds is 8. The molecule has 2 rings (SSSR count). The van der Waals surface area contributed by atoms with Crippen molar-refractivity contribution in [1.29, 1.82) is 0 Å². The second kappa shape index (κ2) is 8.46. The number of benzene rings is 1. The summed E-state index contributed by atoms with van der Waals surface area (Å²) in [6.07, 6.45) is 6.48. The van der Waals surface area contributed by atoms with Crippen LogP contribution in [0.2, 0.25) is 0 Å². The Morgan fingerprint density at radius 2 is 2.17 bits per heavy atom. The molecule has 0 aliphatic heterocycles. The molecule has 5 heteroatoms. The first-order valence-corrected chi connectivity index (χ1v) is 8.06. The maximum atomic E-state index is 5.94. The zero-order valence-corrected chi connectivity index (χ0v) is 14.1. The van der Waals surface area contributed by atoms with Gasteiger partial charge in [0.25, 0.3) is 0 Å². The Morgan fingerprint density at radius 1 is 1.39 bits per heavy atom. The van der Waals surface area contributed by atoms with E-state index in [2.05, 4.69) is 23.0 Å². The van der Waals surface area contributed by atoms with Crippen molar-refractivity contribution >= 4 is 5.96 Å². The van der Waals surface area contributed by atoms with Crippen LogP contribution in [0.3, 0.4) is 0 Å². The van der Waals surface area contributed by atoms with Crippen LogP contribution in [0.25, 0.3) is 0 Å². The maximum Gasteiger partial charge on any atom is 0.188 e. The van der Waals surface area contributed by atoms with Crippen LogP contribution in [0, 0.1) is 5.92 Å². The van der Waals surface area contributed by atoms with Crippen molar-refractivity contribution in [3.05, 3.63) is 35.9 Å². The Hall–Kier alpha value is -2.17. The van der Waals surface area contributed by atoms with E-state index in [-0.39, 0.29) is 0 Å². The summed E-state index contributed by atoms with van der Waals surface area (Å²) in [5, 5.41) is 3.20. The molecular weight excluding hydrogens is 290 g/mol. The SMILES string of the molecule is C=CCc1cc(CN=C(N)NCC2CCC2)cc(OC)c1OC. The van der Waals surface area contributed by atoms with Crippen molar-refractivity contribution in [3.8, 4) is 11.5 Å². The summed E-state index contributed by atoms with van der Waals surface area (Å²) in [5.41, 5.74) is 8.01. The summed E-state index contributed by atoms with van der Waals surface area (Å²) < 4.78 is 10.9. The third kappa shape index (κ3) is 4.65. The highest BCUT2D eigenvalue weighted by atomic mass is 16.5. The van der Waals surface area contributed by atoms with Gasteiger partial charge in [0.2, 0.25) is 0 Å². The van der Waals surface area contributed by atoms with Crippen LogP contribution in [-0.2, 0) is 13.0 Å². The van der Waals surface area contributed by atoms with Gasteiger partial charge in [-0.05, 0) is 42.9 Å². The van der Waals surface area contributed by atoms with Crippen LogP contribution in [0.15, 0.2) is 29.8 Å². The highest BCUT2D eigenvalue weighted by molar-refractivity contribution is 5.77. The van der Waals surface area contributed by atoms with Gasteiger partial charge in [-0.2, -0.15) is 0 Å². The molecule has 0 amide bonds. The van der Waals surface area contributed by atoms with E-state index in [4.69, 9.17) is 15.2 Å². The van der Waals surface area contributed by atoms with Crippen LogP contribution < -0.4 is 20.5 Å². The normalized spacial score (nSPS) is 15.0. The first-order valence-electron chi connectivity index (χ1n) is 8.06. The standard InChI is InChI=1S/C18H27N3O2/c1-4-6-15-9-14(10-16(22-2)17(15)23-3)12-21-18(19)20-11-13-7-5-8-13/h4,9-10,13H,1,5-8,11-12H2,2-3H3,(H3,19,20,21). The van der Waals surface area contributed by atoms with Crippen molar-refractivity contribution in [2.45, 2.75) is 32.2 Å². The summed E-state index contributed by atoms with van der Waals surface area (Å²) in [7, 11) is 3.28. The highest BCUT2D eigenvalue weighted by Gasteiger charge is 2.17. The van der Waals surface area contributed by atoms with Crippen LogP contribution in [-0.4, -0.2) is 26.7 Å². The molecule has 1 saturated carbocycles. The molecule has 1 aromatic carbocycles. The van der Waals surface area contributed by atoms with Gasteiger partial charge in [0.05, 0.1) is 20.8 Å². The number of nitrogens with one attached hydrogen (secondary N) is 1. The van der Waals surface area contributed by atoms with Crippen LogP contribution in [0.4, 0.5) is 0 Å². The van der Waals surface area contributed by atoms with Gasteiger partial charge in [0.1, 0.15) is 0 Å². The van der Waals surface area contributed by atoms with Gasteiger partial charge in [0, 0.05) is 12.1 Å². The molecule has 0 spiro atoms. The fourth-order valence-corrected chi connectivity index (χ4v) is 2.68. The van der Waals surface area contributed by atoms with Crippen molar-refractivity contribution in [2.24, 2.45) is 16.6 Å². The third-order valence-electron chi connectivity index (χ3n) is 4.21. The fraction of sp³-hybridized carbons (Fsp3) is 0.500. The Labute approximate surface area is 138 Å². The number of aliphatic imine (C=N–C) groups is 1. The molecule has 0 heterocycles. The average Bonchev–Trinajstić information content (AvgIpc) is 2.51. The zero-order valence-electron chi connectivity index (χ0n) is 14.1. The minimum Gasteiger partial charge on any atom is -0.493 e. The molecule has 1 aromatic rings. The molecule has 0 saturated heterocycles. The lowest BCUT2D eigenvalue weighted by atomic mass is 9.85. The summed E-state index contributed by atoms with van der Waals surface area (Å²) in [6.45, 7) is 5.22. The maximum absolute atomic E-state index is 5.94. The van der Waals surface area contributed by atoms with Crippen LogP contribution in [0.1, 0.15) is 30.4 Å². The first-order chi connectivity index (χ1) is 11.2. The van der Waals surface area contributed by atoms with Gasteiger partial charge < -0.3 is 20.5 Å². The monoisotopic (exact) mass is 317 g/mol. The lowest BCUT2D eigenvalue weighted by Crippen LogP contribution is -2.37. The Bertz CT molecular complexity index is 566. The molecule has 0 unspecified atom stereocenters. The largest absolute Gasteiger partial charge is 0.493 e. The summed E-state index contributed by atoms with van der Waals surface area (Å²) in [4.78, 5) is 4.42. The Kier molecular flexibility index (Phi) is 6.32. The smallest absolute Gasteiger partial charge is 0.188 e. The first kappa shape index (κ1) is 17.2. The molecule has 1 aliphatic carbocycles. The van der Waals surface area contributed by atoms with E-state index < -0.39 is 0 Å². The van der Waals surface area contributed by atoms with Crippen molar-refractivity contribution in [2.75, 3.05) is 20.8 Å². The average molecular weight is 317 g/mol. The number of hydrogen-bond donors (Lipinski definition) is 2. The van der Waals surface area contributed by atoms with Gasteiger partial charge in [-0.25, -0.2) is 4.99 Å². The van der Waals surface area contributed by atoms with E-state index >= 15 is 0 Å². The molecule has 1 aliphatic rings. The molecule has 0 atom stereocenters. The predicted molar refractivity (Wildman–Crippen MR) is 94.1 cm³/mol. The molecule has 0 aromatic heterocycles. The molecule has 5 nitrogen and oxygen atoms in total. The Balaban J connectivity index is 2.05. The van der Waals surface area contributed by atoms with E-state index in [0.29, 0.717) is 24.7 Å². The molecule has 3 N–H and O–H groups in total. The number of hydrogen-bond acceptors (Lipinski definition) is 3. The van der Waals surface area contributed by atoms with Gasteiger partial charge in [0.15, 0.2) is 17.5 Å². The molecular formula is C18H27N3O2. The van der Waals surface area contributed by atoms with Gasteiger partial charge in [-0.15, -0.1) is 6.58 Å². The van der Waals surface area contributed by atoms with Crippen LogP contribution in [0.5, 0.6) is 11.5 Å².